The summed E-state index contributed by atoms with van der Waals surface area (Å²) in [6, 6.07) is 44.2. The second-order valence-electron chi connectivity index (χ2n) is 14.6. The predicted molar refractivity (Wildman–Crippen MR) is 224 cm³/mol. The monoisotopic (exact) mass is 736 g/mol. The Labute approximate surface area is 318 Å². The van der Waals surface area contributed by atoms with E-state index in [2.05, 4.69) is 64.6 Å². The molecule has 270 valence electrons. The van der Waals surface area contributed by atoms with Crippen LogP contribution < -0.4 is 0 Å². The number of hydrogen-bond donors (Lipinski definition) is 2. The number of phenolic OH excluding ortho intramolecular Hbond substituents is 2. The van der Waals surface area contributed by atoms with E-state index >= 15 is 13.2 Å². The van der Waals surface area contributed by atoms with Crippen LogP contribution in [0.2, 0.25) is 0 Å². The average Bonchev–Trinajstić information content (AvgIpc) is 3.21. The van der Waals surface area contributed by atoms with Gasteiger partial charge in [-0.1, -0.05) is 115 Å². The molecule has 0 fully saturated rings. The SMILES string of the molecule is CC(c1ccc(O)c(/N=C/c2ccc3ccc4cccc5ccc2c3c45)c1)(c1ccc(O)c(/N=C/c2cc3cccc4ccc5cccc2c5c43)c1)C(F)(F)F. The lowest BCUT2D eigenvalue weighted by Crippen LogP contribution is -2.40. The molecule has 0 bridgehead atoms. The molecule has 10 aromatic carbocycles. The Balaban J connectivity index is 1.04. The van der Waals surface area contributed by atoms with Gasteiger partial charge < -0.3 is 10.2 Å². The summed E-state index contributed by atoms with van der Waals surface area (Å²) >= 11 is 0. The number of rotatable bonds is 6. The molecule has 0 spiro atoms. The number of alkyl halides is 3. The molecule has 0 amide bonds. The van der Waals surface area contributed by atoms with Crippen molar-refractivity contribution >= 4 is 88.4 Å². The topological polar surface area (TPSA) is 65.2 Å². The number of aromatic hydroxyl groups is 2. The lowest BCUT2D eigenvalue weighted by atomic mass is 9.75. The standard InChI is InChI=1S/C49H31F3N2O2/c1-48(49(50,51)52,36-18-21-42(55)40(24-36)53-26-34-16-15-32-14-12-28-5-2-6-30-17-20-39(34)47(32)44(28)30)37-19-22-43(56)41(25-37)54-27-35-23-33-9-3-7-29-11-13-31-8-4-10-38(35)46(31)45(29)33/h2-27,55-56H,1H3/b53-26+,54-27+. The smallest absolute Gasteiger partial charge is 0.402 e. The van der Waals surface area contributed by atoms with Crippen LogP contribution >= 0.6 is 0 Å². The fourth-order valence-electron chi connectivity index (χ4n) is 8.42. The summed E-state index contributed by atoms with van der Waals surface area (Å²) in [6.07, 6.45) is -1.60. The maximum Gasteiger partial charge on any atom is 0.402 e. The van der Waals surface area contributed by atoms with Gasteiger partial charge >= 0.3 is 6.18 Å². The van der Waals surface area contributed by atoms with Gasteiger partial charge in [0.05, 0.1) is 0 Å². The highest BCUT2D eigenvalue weighted by molar-refractivity contribution is 6.27. The molecule has 0 aliphatic rings. The maximum atomic E-state index is 15.4. The highest BCUT2D eigenvalue weighted by Crippen LogP contribution is 2.49. The minimum atomic E-state index is -4.78. The second kappa shape index (κ2) is 12.3. The summed E-state index contributed by atoms with van der Waals surface area (Å²) in [5, 5.41) is 34.6. The molecule has 0 saturated heterocycles. The van der Waals surface area contributed by atoms with E-state index in [0.717, 1.165) is 82.7 Å². The summed E-state index contributed by atoms with van der Waals surface area (Å²) < 4.78 is 46.2. The predicted octanol–water partition coefficient (Wildman–Crippen LogP) is 13.3. The Morgan fingerprint density at radius 1 is 0.446 bits per heavy atom. The maximum absolute atomic E-state index is 15.4. The van der Waals surface area contributed by atoms with Gasteiger partial charge in [-0.2, -0.15) is 13.2 Å². The molecule has 56 heavy (non-hydrogen) atoms. The van der Waals surface area contributed by atoms with Crippen LogP contribution in [0.15, 0.2) is 156 Å². The molecule has 0 aromatic heterocycles. The zero-order valence-electron chi connectivity index (χ0n) is 29.9. The Morgan fingerprint density at radius 3 is 1.45 bits per heavy atom. The molecule has 0 aliphatic heterocycles. The van der Waals surface area contributed by atoms with Crippen LogP contribution in [0, 0.1) is 0 Å². The number of hydrogen-bond acceptors (Lipinski definition) is 4. The first-order valence-corrected chi connectivity index (χ1v) is 18.2. The lowest BCUT2D eigenvalue weighted by molar-refractivity contribution is -0.173. The Kier molecular flexibility index (Phi) is 7.35. The van der Waals surface area contributed by atoms with Crippen LogP contribution in [-0.4, -0.2) is 28.8 Å². The minimum Gasteiger partial charge on any atom is -0.506 e. The van der Waals surface area contributed by atoms with Gasteiger partial charge in [-0.15, -0.1) is 0 Å². The fourth-order valence-corrected chi connectivity index (χ4v) is 8.42. The fraction of sp³-hybridized carbons (Fsp3) is 0.0612. The van der Waals surface area contributed by atoms with Gasteiger partial charge in [-0.25, -0.2) is 0 Å². The quantitative estimate of drug-likeness (QED) is 0.132. The van der Waals surface area contributed by atoms with Crippen molar-refractivity contribution in [3.8, 4) is 11.5 Å². The highest BCUT2D eigenvalue weighted by Gasteiger charge is 2.53. The summed E-state index contributed by atoms with van der Waals surface area (Å²) in [5.41, 5.74) is -1.28. The molecule has 2 N–H and O–H groups in total. The van der Waals surface area contributed by atoms with E-state index in [-0.39, 0.29) is 34.0 Å². The first-order valence-electron chi connectivity index (χ1n) is 18.2. The van der Waals surface area contributed by atoms with E-state index < -0.39 is 11.6 Å². The van der Waals surface area contributed by atoms with Crippen LogP contribution in [0.25, 0.3) is 64.6 Å². The molecule has 4 nitrogen and oxygen atoms in total. The summed E-state index contributed by atoms with van der Waals surface area (Å²) in [7, 11) is 0. The van der Waals surface area contributed by atoms with Crippen molar-refractivity contribution in [1.29, 1.82) is 0 Å². The molecule has 10 aromatic rings. The molecular weight excluding hydrogens is 706 g/mol. The van der Waals surface area contributed by atoms with Crippen LogP contribution in [0.4, 0.5) is 24.5 Å². The van der Waals surface area contributed by atoms with E-state index in [1.807, 2.05) is 54.6 Å². The third-order valence-electron chi connectivity index (χ3n) is 11.5. The molecule has 0 radical (unpaired) electrons. The van der Waals surface area contributed by atoms with Crippen molar-refractivity contribution in [2.75, 3.05) is 0 Å². The van der Waals surface area contributed by atoms with E-state index in [9.17, 15) is 10.2 Å². The molecule has 0 saturated carbocycles. The van der Waals surface area contributed by atoms with E-state index in [1.165, 1.54) is 36.4 Å². The van der Waals surface area contributed by atoms with Crippen LogP contribution in [-0.2, 0) is 5.41 Å². The Morgan fingerprint density at radius 2 is 0.875 bits per heavy atom. The van der Waals surface area contributed by atoms with Gasteiger partial charge in [0.2, 0.25) is 0 Å². The van der Waals surface area contributed by atoms with Crippen molar-refractivity contribution < 1.29 is 23.4 Å². The van der Waals surface area contributed by atoms with Gasteiger partial charge in [-0.3, -0.25) is 9.98 Å². The second-order valence-corrected chi connectivity index (χ2v) is 14.6. The number of halogens is 3. The molecule has 10 rings (SSSR count). The zero-order valence-corrected chi connectivity index (χ0v) is 29.9. The number of benzene rings is 10. The first-order chi connectivity index (χ1) is 27.1. The van der Waals surface area contributed by atoms with Gasteiger partial charge in [-0.05, 0) is 113 Å². The molecule has 0 heterocycles. The zero-order chi connectivity index (χ0) is 38.3. The molecular formula is C49H31F3N2O2. The van der Waals surface area contributed by atoms with Crippen molar-refractivity contribution in [3.05, 3.63) is 168 Å². The van der Waals surface area contributed by atoms with Crippen molar-refractivity contribution in [3.63, 3.8) is 0 Å². The van der Waals surface area contributed by atoms with Crippen molar-refractivity contribution in [2.24, 2.45) is 9.98 Å². The largest absolute Gasteiger partial charge is 0.506 e. The van der Waals surface area contributed by atoms with Gasteiger partial charge in [0.15, 0.2) is 0 Å². The van der Waals surface area contributed by atoms with Gasteiger partial charge in [0.1, 0.15) is 28.3 Å². The first kappa shape index (κ1) is 33.6. The van der Waals surface area contributed by atoms with E-state index in [0.29, 0.717) is 0 Å². The normalized spacial score (nSPS) is 13.9. The summed E-state index contributed by atoms with van der Waals surface area (Å²) in [4.78, 5) is 9.13. The number of aliphatic imine (C=N–C) groups is 2. The number of nitrogens with zero attached hydrogens (tertiary/aromatic N) is 2. The molecule has 1 unspecified atom stereocenters. The van der Waals surface area contributed by atoms with E-state index in [4.69, 9.17) is 0 Å². The molecule has 0 aliphatic carbocycles. The van der Waals surface area contributed by atoms with Crippen LogP contribution in [0.3, 0.4) is 0 Å². The minimum absolute atomic E-state index is 0.00518. The lowest BCUT2D eigenvalue weighted by Gasteiger charge is -2.33. The number of phenols is 2. The third-order valence-corrected chi connectivity index (χ3v) is 11.5. The van der Waals surface area contributed by atoms with Crippen LogP contribution in [0.1, 0.15) is 29.2 Å². The van der Waals surface area contributed by atoms with Gasteiger partial charge in [0.25, 0.3) is 0 Å². The summed E-state index contributed by atoms with van der Waals surface area (Å²) in [6.45, 7) is 1.09. The Hall–Kier alpha value is -6.99. The molecule has 1 atom stereocenters. The van der Waals surface area contributed by atoms with E-state index in [1.54, 1.807) is 12.4 Å². The Bertz CT molecular complexity index is 3220. The van der Waals surface area contributed by atoms with Crippen molar-refractivity contribution in [1.82, 2.24) is 0 Å². The summed E-state index contributed by atoms with van der Waals surface area (Å²) in [5.74, 6) is -0.507. The van der Waals surface area contributed by atoms with Gasteiger partial charge in [0, 0.05) is 23.6 Å². The third kappa shape index (κ3) is 5.08. The van der Waals surface area contributed by atoms with Crippen LogP contribution in [0.5, 0.6) is 11.5 Å². The molecule has 7 heteroatoms. The van der Waals surface area contributed by atoms with Crippen molar-refractivity contribution in [2.45, 2.75) is 18.5 Å². The highest BCUT2D eigenvalue weighted by atomic mass is 19.4. The average molecular weight is 737 g/mol.